The van der Waals surface area contributed by atoms with Crippen LogP contribution in [0.25, 0.3) is 0 Å². The van der Waals surface area contributed by atoms with Crippen LogP contribution in [0, 0.1) is 0 Å². The van der Waals surface area contributed by atoms with Crippen molar-refractivity contribution in [1.29, 1.82) is 0 Å². The van der Waals surface area contributed by atoms with Crippen molar-refractivity contribution in [1.82, 2.24) is 0 Å². The van der Waals surface area contributed by atoms with E-state index in [1.54, 1.807) is 48.5 Å². The minimum Gasteiger partial charge on any atom is -0.429 e. The van der Waals surface area contributed by atoms with Crippen LogP contribution in [-0.2, 0) is 51.9 Å². The van der Waals surface area contributed by atoms with Gasteiger partial charge in [0, 0.05) is 0 Å². The number of unbranched alkanes of at least 4 members (excludes halogenated alkanes) is 2. The van der Waals surface area contributed by atoms with Crippen LogP contribution in [0.5, 0.6) is 0 Å². The number of rotatable bonds is 15. The second kappa shape index (κ2) is 17.3. The predicted molar refractivity (Wildman–Crippen MR) is 128 cm³/mol. The van der Waals surface area contributed by atoms with Crippen molar-refractivity contribution in [2.45, 2.75) is 52.4 Å². The van der Waals surface area contributed by atoms with E-state index in [0.29, 0.717) is 0 Å². The molecule has 2 aromatic carbocycles. The molecule has 0 bridgehead atoms. The van der Waals surface area contributed by atoms with Gasteiger partial charge in [0.15, 0.2) is 0 Å². The Labute approximate surface area is 219 Å². The highest BCUT2D eigenvalue weighted by Gasteiger charge is 2.14. The third-order valence-electron chi connectivity index (χ3n) is 4.96. The summed E-state index contributed by atoms with van der Waals surface area (Å²) in [5.74, 6) is -1.76. The standard InChI is InChI=1S/C26H30O12/c1-3-5-7-19-9-13-21(14-10-19)23(27)33-37-35-25(29)31-17-18-32-26(30)36-38-34-24(28)22-15-11-20(12-16-22)8-6-4-2/h9-16H,3-8,17-18H2,1-2H3. The average Bonchev–Trinajstić information content (AvgIpc) is 2.93. The first kappa shape index (κ1) is 30.1. The molecule has 0 unspecified atom stereocenters. The van der Waals surface area contributed by atoms with Crippen molar-refractivity contribution in [2.75, 3.05) is 13.2 Å². The van der Waals surface area contributed by atoms with E-state index in [1.807, 2.05) is 0 Å². The van der Waals surface area contributed by atoms with Crippen molar-refractivity contribution in [3.05, 3.63) is 70.8 Å². The summed E-state index contributed by atoms with van der Waals surface area (Å²) in [5, 5.41) is 8.19. The Morgan fingerprint density at radius 2 is 0.921 bits per heavy atom. The van der Waals surface area contributed by atoms with Gasteiger partial charge in [-0.05, 0) is 61.1 Å². The second-order valence-corrected chi connectivity index (χ2v) is 7.84. The maximum atomic E-state index is 11.8. The first-order chi connectivity index (χ1) is 18.4. The highest BCUT2D eigenvalue weighted by atomic mass is 17.5. The predicted octanol–water partition coefficient (Wildman–Crippen LogP) is 5.39. The molecular weight excluding hydrogens is 504 g/mol. The Hall–Kier alpha value is -4.16. The number of hydrogen-bond donors (Lipinski definition) is 0. The van der Waals surface area contributed by atoms with Gasteiger partial charge in [0.1, 0.15) is 13.2 Å². The van der Waals surface area contributed by atoms with Crippen LogP contribution in [0.2, 0.25) is 0 Å². The summed E-state index contributed by atoms with van der Waals surface area (Å²) in [5.41, 5.74) is 2.54. The van der Waals surface area contributed by atoms with Crippen LogP contribution in [-0.4, -0.2) is 37.5 Å². The van der Waals surface area contributed by atoms with E-state index < -0.39 is 37.5 Å². The molecule has 0 radical (unpaired) electrons. The van der Waals surface area contributed by atoms with Gasteiger partial charge in [-0.1, -0.05) is 51.0 Å². The number of ether oxygens (including phenoxy) is 2. The second-order valence-electron chi connectivity index (χ2n) is 7.84. The van der Waals surface area contributed by atoms with Gasteiger partial charge in [-0.25, -0.2) is 29.0 Å². The van der Waals surface area contributed by atoms with Crippen LogP contribution in [0.1, 0.15) is 71.4 Å². The Morgan fingerprint density at radius 3 is 1.26 bits per heavy atom. The Balaban J connectivity index is 1.52. The highest BCUT2D eigenvalue weighted by Crippen LogP contribution is 2.10. The molecule has 0 fully saturated rings. The summed E-state index contributed by atoms with van der Waals surface area (Å²) in [6.07, 6.45) is 3.25. The van der Waals surface area contributed by atoms with Gasteiger partial charge in [-0.2, -0.15) is 0 Å². The van der Waals surface area contributed by atoms with Crippen molar-refractivity contribution < 1.29 is 58.3 Å². The molecule has 0 heterocycles. The molecule has 0 spiro atoms. The van der Waals surface area contributed by atoms with Crippen LogP contribution >= 0.6 is 0 Å². The molecule has 12 heteroatoms. The number of aryl methyl sites for hydroxylation is 2. The molecule has 0 aliphatic heterocycles. The lowest BCUT2D eigenvalue weighted by Crippen LogP contribution is -2.17. The molecule has 0 atom stereocenters. The zero-order chi connectivity index (χ0) is 27.6. The number of carbonyl (C=O) groups is 4. The van der Waals surface area contributed by atoms with E-state index in [-0.39, 0.29) is 11.1 Å². The normalized spacial score (nSPS) is 10.3. The van der Waals surface area contributed by atoms with Crippen molar-refractivity contribution in [3.8, 4) is 0 Å². The lowest BCUT2D eigenvalue weighted by atomic mass is 10.1. The van der Waals surface area contributed by atoms with Crippen molar-refractivity contribution >= 4 is 24.2 Å². The zero-order valence-corrected chi connectivity index (χ0v) is 21.2. The quantitative estimate of drug-likeness (QED) is 0.125. The highest BCUT2D eigenvalue weighted by molar-refractivity contribution is 5.89. The molecule has 12 nitrogen and oxygen atoms in total. The minimum absolute atomic E-state index is 0.197. The first-order valence-corrected chi connectivity index (χ1v) is 12.0. The average molecular weight is 535 g/mol. The zero-order valence-electron chi connectivity index (χ0n) is 21.2. The van der Waals surface area contributed by atoms with Gasteiger partial charge in [0.2, 0.25) is 0 Å². The molecule has 38 heavy (non-hydrogen) atoms. The van der Waals surface area contributed by atoms with Crippen LogP contribution in [0.4, 0.5) is 9.59 Å². The summed E-state index contributed by atoms with van der Waals surface area (Å²) in [4.78, 5) is 63.4. The molecule has 2 aromatic rings. The molecular formula is C26H30O12. The molecule has 0 N–H and O–H groups in total. The molecule has 206 valence electrons. The van der Waals surface area contributed by atoms with E-state index >= 15 is 0 Å². The third-order valence-corrected chi connectivity index (χ3v) is 4.96. The molecule has 0 amide bonds. The summed E-state index contributed by atoms with van der Waals surface area (Å²) < 4.78 is 9.06. The Kier molecular flexibility index (Phi) is 13.7. The van der Waals surface area contributed by atoms with Gasteiger partial charge >= 0.3 is 24.2 Å². The third kappa shape index (κ3) is 11.7. The summed E-state index contributed by atoms with van der Waals surface area (Å²) in [6.45, 7) is 3.24. The lowest BCUT2D eigenvalue weighted by molar-refractivity contribution is -0.453. The fourth-order valence-electron chi connectivity index (χ4n) is 2.92. The minimum atomic E-state index is -1.37. The van der Waals surface area contributed by atoms with Gasteiger partial charge in [0.05, 0.1) is 21.2 Å². The lowest BCUT2D eigenvalue weighted by Gasteiger charge is -2.06. The maximum Gasteiger partial charge on any atom is 0.543 e. The van der Waals surface area contributed by atoms with Gasteiger partial charge < -0.3 is 9.47 Å². The number of carbonyl (C=O) groups excluding carboxylic acids is 4. The molecule has 0 aliphatic rings. The number of benzene rings is 2. The van der Waals surface area contributed by atoms with E-state index in [1.165, 1.54) is 0 Å². The molecule has 0 saturated carbocycles. The van der Waals surface area contributed by atoms with Gasteiger partial charge in [-0.15, -0.1) is 0 Å². The Bertz CT molecular complexity index is 934. The fourth-order valence-corrected chi connectivity index (χ4v) is 2.92. The summed E-state index contributed by atoms with van der Waals surface area (Å²) in [7, 11) is 0. The smallest absolute Gasteiger partial charge is 0.429 e. The maximum absolute atomic E-state index is 11.8. The van der Waals surface area contributed by atoms with Crippen molar-refractivity contribution in [2.24, 2.45) is 0 Å². The van der Waals surface area contributed by atoms with E-state index in [0.717, 1.165) is 49.7 Å². The SMILES string of the molecule is CCCCc1ccc(C(=O)OOOC(=O)OCCOC(=O)OOOC(=O)c2ccc(CCCC)cc2)cc1. The first-order valence-electron chi connectivity index (χ1n) is 12.0. The van der Waals surface area contributed by atoms with Crippen molar-refractivity contribution in [3.63, 3.8) is 0 Å². The topological polar surface area (TPSA) is 142 Å². The van der Waals surface area contributed by atoms with E-state index in [4.69, 9.17) is 0 Å². The summed E-state index contributed by atoms with van der Waals surface area (Å²) in [6, 6.07) is 13.4. The van der Waals surface area contributed by atoms with Crippen LogP contribution in [0.3, 0.4) is 0 Å². The molecule has 0 aliphatic carbocycles. The Morgan fingerprint density at radius 1 is 0.553 bits per heavy atom. The van der Waals surface area contributed by atoms with E-state index in [2.05, 4.69) is 52.9 Å². The molecule has 2 rings (SSSR count). The number of hydrogen-bond acceptors (Lipinski definition) is 12. The molecule has 0 saturated heterocycles. The van der Waals surface area contributed by atoms with Gasteiger partial charge in [0.25, 0.3) is 0 Å². The summed E-state index contributed by atoms with van der Waals surface area (Å²) >= 11 is 0. The monoisotopic (exact) mass is 534 g/mol. The van der Waals surface area contributed by atoms with E-state index in [9.17, 15) is 19.2 Å². The van der Waals surface area contributed by atoms with Crippen LogP contribution in [0.15, 0.2) is 48.5 Å². The van der Waals surface area contributed by atoms with Gasteiger partial charge in [-0.3, -0.25) is 9.78 Å². The van der Waals surface area contributed by atoms with Crippen LogP contribution < -0.4 is 0 Å². The fraction of sp³-hybridized carbons (Fsp3) is 0.385. The molecule has 0 aromatic heterocycles. The largest absolute Gasteiger partial charge is 0.543 e.